The lowest BCUT2D eigenvalue weighted by Crippen LogP contribution is -2.74. The van der Waals surface area contributed by atoms with Crippen LogP contribution in [0.2, 0.25) is 5.02 Å². The van der Waals surface area contributed by atoms with Gasteiger partial charge in [0.05, 0.1) is 11.1 Å². The van der Waals surface area contributed by atoms with Crippen LogP contribution in [0.3, 0.4) is 0 Å². The van der Waals surface area contributed by atoms with Crippen LogP contribution < -0.4 is 0 Å². The molecule has 1 saturated heterocycles. The topological polar surface area (TPSA) is 71.7 Å². The summed E-state index contributed by atoms with van der Waals surface area (Å²) in [5, 5.41) is 19.6. The van der Waals surface area contributed by atoms with Gasteiger partial charge < -0.3 is 9.84 Å². The van der Waals surface area contributed by atoms with Crippen molar-refractivity contribution in [2.75, 3.05) is 7.11 Å². The van der Waals surface area contributed by atoms with Gasteiger partial charge in [0.2, 0.25) is 0 Å². The van der Waals surface area contributed by atoms with Crippen LogP contribution >= 0.6 is 11.6 Å². The zero-order valence-electron chi connectivity index (χ0n) is 16.3. The number of aromatic hydroxyl groups is 1. The number of hydrogen-bond acceptors (Lipinski definition) is 5. The number of phenolic OH excluding ortho intramolecular Hbond substituents is 1. The van der Waals surface area contributed by atoms with Crippen LogP contribution in [0.15, 0.2) is 18.2 Å². The summed E-state index contributed by atoms with van der Waals surface area (Å²) in [7, 11) is 1.61. The van der Waals surface area contributed by atoms with Gasteiger partial charge in [-0.1, -0.05) is 49.9 Å². The van der Waals surface area contributed by atoms with Crippen molar-refractivity contribution in [3.05, 3.63) is 34.4 Å². The minimum absolute atomic E-state index is 0.0851. The quantitative estimate of drug-likeness (QED) is 0.544. The maximum Gasteiger partial charge on any atom is 0.262 e. The summed E-state index contributed by atoms with van der Waals surface area (Å²) in [5.41, 5.74) is 0.453. The third-order valence-electron chi connectivity index (χ3n) is 7.04. The fraction of sp³-hybridized carbons (Fsp3) is 0.591. The third-order valence-corrected chi connectivity index (χ3v) is 7.43. The van der Waals surface area contributed by atoms with E-state index in [-0.39, 0.29) is 10.8 Å². The molecular formula is C22H26ClNO4. The second-order valence-electron chi connectivity index (χ2n) is 8.18. The van der Waals surface area contributed by atoms with Crippen LogP contribution in [0.5, 0.6) is 5.75 Å². The molecule has 5 nitrogen and oxygen atoms in total. The zero-order chi connectivity index (χ0) is 19.9. The molecule has 4 rings (SSSR count). The largest absolute Gasteiger partial charge is 0.506 e. The van der Waals surface area contributed by atoms with Gasteiger partial charge in [-0.3, -0.25) is 0 Å². The SMILES string of the molecule is CCC1CC2CCCC(C2)C12OOC2(OC)c1ccc(/C=C/C#N)c(O)c1Cl. The molecule has 2 saturated carbocycles. The number of phenols is 1. The number of fused-ring (bicyclic) bond motifs is 3. The molecule has 28 heavy (non-hydrogen) atoms. The maximum absolute atomic E-state index is 10.6. The Kier molecular flexibility index (Phi) is 5.18. The smallest absolute Gasteiger partial charge is 0.262 e. The Morgan fingerprint density at radius 3 is 2.82 bits per heavy atom. The first-order valence-corrected chi connectivity index (χ1v) is 10.4. The van der Waals surface area contributed by atoms with Crippen molar-refractivity contribution >= 4 is 17.7 Å². The van der Waals surface area contributed by atoms with Crippen molar-refractivity contribution in [2.45, 2.75) is 56.8 Å². The second-order valence-corrected chi connectivity index (χ2v) is 8.56. The fourth-order valence-corrected chi connectivity index (χ4v) is 6.11. The Hall–Kier alpha value is -1.58. The standard InChI is InChI=1S/C22H26ClNO4/c1-3-16-12-14-6-4-8-17(13-14)21(16)22(26-2,28-27-21)18-10-9-15(7-5-11-24)20(25)19(18)23/h5,7,9-10,14,16-17,25H,3-4,6,8,12-13H2,1-2H3/b7-5+. The second kappa shape index (κ2) is 7.35. The summed E-state index contributed by atoms with van der Waals surface area (Å²) in [5.74, 6) is 0.123. The summed E-state index contributed by atoms with van der Waals surface area (Å²) < 4.78 is 6.02. The number of ether oxygens (including phenoxy) is 1. The van der Waals surface area contributed by atoms with Crippen LogP contribution in [0.25, 0.3) is 6.08 Å². The molecule has 5 unspecified atom stereocenters. The number of nitriles is 1. The van der Waals surface area contributed by atoms with Crippen molar-refractivity contribution in [1.82, 2.24) is 0 Å². The van der Waals surface area contributed by atoms with E-state index >= 15 is 0 Å². The molecule has 1 spiro atoms. The summed E-state index contributed by atoms with van der Waals surface area (Å²) in [6.45, 7) is 2.18. The molecule has 6 heteroatoms. The van der Waals surface area contributed by atoms with E-state index < -0.39 is 11.4 Å². The van der Waals surface area contributed by atoms with Crippen molar-refractivity contribution in [3.8, 4) is 11.8 Å². The van der Waals surface area contributed by atoms with E-state index in [9.17, 15) is 5.11 Å². The molecule has 150 valence electrons. The lowest BCUT2D eigenvalue weighted by Gasteiger charge is -2.65. The summed E-state index contributed by atoms with van der Waals surface area (Å²) >= 11 is 6.60. The molecule has 0 aromatic heterocycles. The Morgan fingerprint density at radius 2 is 2.18 bits per heavy atom. The molecule has 1 aromatic carbocycles. The molecule has 1 aromatic rings. The van der Waals surface area contributed by atoms with Gasteiger partial charge in [-0.05, 0) is 43.1 Å². The molecule has 2 aliphatic carbocycles. The van der Waals surface area contributed by atoms with E-state index in [4.69, 9.17) is 31.4 Å². The molecule has 3 aliphatic rings. The van der Waals surface area contributed by atoms with Crippen LogP contribution in [0.4, 0.5) is 0 Å². The van der Waals surface area contributed by atoms with Crippen molar-refractivity contribution < 1.29 is 19.6 Å². The van der Waals surface area contributed by atoms with Gasteiger partial charge in [0.25, 0.3) is 5.79 Å². The molecule has 1 N–H and O–H groups in total. The number of rotatable bonds is 4. The van der Waals surface area contributed by atoms with Gasteiger partial charge in [-0.2, -0.15) is 10.1 Å². The van der Waals surface area contributed by atoms with E-state index in [2.05, 4.69) is 6.92 Å². The van der Waals surface area contributed by atoms with E-state index in [0.29, 0.717) is 23.0 Å². The lowest BCUT2D eigenvalue weighted by atomic mass is 9.54. The highest BCUT2D eigenvalue weighted by atomic mass is 35.5. The fourth-order valence-electron chi connectivity index (χ4n) is 5.82. The first-order valence-electron chi connectivity index (χ1n) is 10.0. The molecule has 0 radical (unpaired) electrons. The van der Waals surface area contributed by atoms with Gasteiger partial charge in [-0.25, -0.2) is 4.89 Å². The zero-order valence-corrected chi connectivity index (χ0v) is 17.0. The molecule has 3 fully saturated rings. The van der Waals surface area contributed by atoms with Crippen LogP contribution in [0, 0.1) is 29.1 Å². The number of nitrogens with zero attached hydrogens (tertiary/aromatic N) is 1. The van der Waals surface area contributed by atoms with Crippen molar-refractivity contribution in [2.24, 2.45) is 17.8 Å². The van der Waals surface area contributed by atoms with E-state index in [1.807, 2.05) is 12.1 Å². The van der Waals surface area contributed by atoms with E-state index in [1.54, 1.807) is 13.2 Å². The normalized spacial score (nSPS) is 37.0. The van der Waals surface area contributed by atoms with Crippen molar-refractivity contribution in [1.29, 1.82) is 5.26 Å². The van der Waals surface area contributed by atoms with E-state index in [1.165, 1.54) is 25.0 Å². The Balaban J connectivity index is 1.82. The average molecular weight is 404 g/mol. The highest BCUT2D eigenvalue weighted by Crippen LogP contribution is 2.65. The highest BCUT2D eigenvalue weighted by molar-refractivity contribution is 6.33. The number of benzene rings is 1. The third kappa shape index (κ3) is 2.55. The molecule has 1 aliphatic heterocycles. The predicted octanol–water partition coefficient (Wildman–Crippen LogP) is 5.32. The number of allylic oxidation sites excluding steroid dienone is 1. The first-order chi connectivity index (χ1) is 13.5. The van der Waals surface area contributed by atoms with Gasteiger partial charge in [0, 0.05) is 24.3 Å². The van der Waals surface area contributed by atoms with Gasteiger partial charge in [0.15, 0.2) is 5.60 Å². The summed E-state index contributed by atoms with van der Waals surface area (Å²) in [4.78, 5) is 11.7. The number of hydrogen-bond donors (Lipinski definition) is 1. The first kappa shape index (κ1) is 19.7. The minimum atomic E-state index is -1.15. The van der Waals surface area contributed by atoms with E-state index in [0.717, 1.165) is 31.6 Å². The average Bonchev–Trinajstić information content (AvgIpc) is 2.70. The maximum atomic E-state index is 10.6. The Labute approximate surface area is 170 Å². The number of halogens is 1. The monoisotopic (exact) mass is 403 g/mol. The van der Waals surface area contributed by atoms with Gasteiger partial charge in [0.1, 0.15) is 5.75 Å². The summed E-state index contributed by atoms with van der Waals surface area (Å²) in [6.07, 6.45) is 9.55. The molecule has 1 heterocycles. The molecule has 0 amide bonds. The Bertz CT molecular complexity index is 827. The Morgan fingerprint density at radius 1 is 1.36 bits per heavy atom. The van der Waals surface area contributed by atoms with Crippen LogP contribution in [-0.2, 0) is 20.3 Å². The molecule has 5 atom stereocenters. The predicted molar refractivity (Wildman–Crippen MR) is 105 cm³/mol. The summed E-state index contributed by atoms with van der Waals surface area (Å²) in [6, 6.07) is 5.47. The molecule has 2 bridgehead atoms. The number of methoxy groups -OCH3 is 1. The van der Waals surface area contributed by atoms with Crippen LogP contribution in [0.1, 0.15) is 56.6 Å². The highest BCUT2D eigenvalue weighted by Gasteiger charge is 2.74. The van der Waals surface area contributed by atoms with Crippen molar-refractivity contribution in [3.63, 3.8) is 0 Å². The molecular weight excluding hydrogens is 378 g/mol. The van der Waals surface area contributed by atoms with Gasteiger partial charge >= 0.3 is 0 Å². The van der Waals surface area contributed by atoms with Gasteiger partial charge in [-0.15, -0.1) is 0 Å². The van der Waals surface area contributed by atoms with Crippen LogP contribution in [-0.4, -0.2) is 17.8 Å². The lowest BCUT2D eigenvalue weighted by molar-refractivity contribution is -0.641. The minimum Gasteiger partial charge on any atom is -0.506 e.